The molecule has 0 spiro atoms. The van der Waals surface area contributed by atoms with Crippen molar-refractivity contribution in [1.29, 1.82) is 0 Å². The van der Waals surface area contributed by atoms with E-state index in [-0.39, 0.29) is 5.91 Å². The second-order valence-electron chi connectivity index (χ2n) is 7.26. The van der Waals surface area contributed by atoms with Gasteiger partial charge in [0.15, 0.2) is 0 Å². The quantitative estimate of drug-likeness (QED) is 0.604. The van der Waals surface area contributed by atoms with Crippen molar-refractivity contribution in [2.45, 2.75) is 19.9 Å². The zero-order chi connectivity index (χ0) is 19.8. The molecule has 8 heteroatoms. The number of aryl methyl sites for hydroxylation is 1. The Labute approximate surface area is 178 Å². The lowest BCUT2D eigenvalue weighted by molar-refractivity contribution is 0.0767. The van der Waals surface area contributed by atoms with Gasteiger partial charge >= 0.3 is 0 Å². The fraction of sp³-hybridized carbons (Fsp3) is 0.400. The molecule has 0 aliphatic carbocycles. The van der Waals surface area contributed by atoms with Crippen LogP contribution < -0.4 is 0 Å². The van der Waals surface area contributed by atoms with Crippen LogP contribution in [0.5, 0.6) is 0 Å². The number of rotatable bonds is 3. The smallest absolute Gasteiger partial charge is 0.264 e. The van der Waals surface area contributed by atoms with E-state index in [1.165, 1.54) is 11.3 Å². The Morgan fingerprint density at radius 2 is 2.00 bits per heavy atom. The normalized spacial score (nSPS) is 15.9. The Bertz CT molecular complexity index is 1030. The van der Waals surface area contributed by atoms with Gasteiger partial charge in [0.05, 0.1) is 17.1 Å². The van der Waals surface area contributed by atoms with Gasteiger partial charge in [0.1, 0.15) is 4.83 Å². The van der Waals surface area contributed by atoms with E-state index in [9.17, 15) is 4.79 Å². The van der Waals surface area contributed by atoms with Gasteiger partial charge in [0.2, 0.25) is 0 Å². The maximum absolute atomic E-state index is 13.1. The molecule has 0 saturated carbocycles. The summed E-state index contributed by atoms with van der Waals surface area (Å²) < 4.78 is 1.93. The molecule has 0 unspecified atom stereocenters. The van der Waals surface area contributed by atoms with Gasteiger partial charge in [-0.3, -0.25) is 9.48 Å². The van der Waals surface area contributed by atoms with Crippen LogP contribution in [-0.4, -0.2) is 58.7 Å². The van der Waals surface area contributed by atoms with Crippen molar-refractivity contribution in [3.05, 3.63) is 50.4 Å². The number of carbonyl (C=O) groups is 1. The van der Waals surface area contributed by atoms with Crippen LogP contribution in [0.4, 0.5) is 0 Å². The zero-order valence-electron chi connectivity index (χ0n) is 15.9. The molecule has 4 rings (SSSR count). The van der Waals surface area contributed by atoms with Crippen molar-refractivity contribution in [2.75, 3.05) is 33.2 Å². The summed E-state index contributed by atoms with van der Waals surface area (Å²) in [6, 6.07) is 7.47. The summed E-state index contributed by atoms with van der Waals surface area (Å²) in [5, 5.41) is 6.92. The molecule has 1 saturated heterocycles. The zero-order valence-corrected chi connectivity index (χ0v) is 18.2. The van der Waals surface area contributed by atoms with Crippen LogP contribution in [0, 0.1) is 6.92 Å². The Morgan fingerprint density at radius 3 is 2.79 bits per heavy atom. The summed E-state index contributed by atoms with van der Waals surface area (Å²) in [5.74, 6) is 0.118. The van der Waals surface area contributed by atoms with Gasteiger partial charge in [-0.15, -0.1) is 11.3 Å². The molecule has 1 aromatic carbocycles. The number of hydrogen-bond acceptors (Lipinski definition) is 4. The average Bonchev–Trinajstić information content (AvgIpc) is 3.13. The van der Waals surface area contributed by atoms with Crippen LogP contribution >= 0.6 is 34.5 Å². The summed E-state index contributed by atoms with van der Waals surface area (Å²) in [4.78, 5) is 19.1. The lowest BCUT2D eigenvalue weighted by Gasteiger charge is -2.19. The summed E-state index contributed by atoms with van der Waals surface area (Å²) in [7, 11) is 2.10. The molecule has 148 valence electrons. The van der Waals surface area contributed by atoms with Crippen molar-refractivity contribution < 1.29 is 4.79 Å². The Balaban J connectivity index is 1.62. The molecular weight excluding hydrogens is 415 g/mol. The lowest BCUT2D eigenvalue weighted by atomic mass is 10.2. The molecule has 5 nitrogen and oxygen atoms in total. The van der Waals surface area contributed by atoms with Crippen LogP contribution in [0.25, 0.3) is 10.2 Å². The Kier molecular flexibility index (Phi) is 5.65. The molecular formula is C20H22Cl2N4OS. The van der Waals surface area contributed by atoms with Crippen molar-refractivity contribution in [3.63, 3.8) is 0 Å². The SMILES string of the molecule is Cc1nn(Cc2ccc(Cl)cc2Cl)c2sc(C(=O)N3CCCN(C)CC3)cc12. The third-order valence-corrected chi connectivity index (χ3v) is 6.88. The van der Waals surface area contributed by atoms with Gasteiger partial charge in [-0.1, -0.05) is 29.3 Å². The number of aromatic nitrogens is 2. The van der Waals surface area contributed by atoms with E-state index in [1.807, 2.05) is 34.7 Å². The molecule has 1 amide bonds. The minimum Gasteiger partial charge on any atom is -0.337 e. The van der Waals surface area contributed by atoms with E-state index < -0.39 is 0 Å². The summed E-state index contributed by atoms with van der Waals surface area (Å²) >= 11 is 13.8. The molecule has 0 radical (unpaired) electrons. The highest BCUT2D eigenvalue weighted by molar-refractivity contribution is 7.20. The largest absolute Gasteiger partial charge is 0.337 e. The van der Waals surface area contributed by atoms with Crippen LogP contribution in [0.3, 0.4) is 0 Å². The third-order valence-electron chi connectivity index (χ3n) is 5.16. The molecule has 0 N–H and O–H groups in total. The predicted molar refractivity (Wildman–Crippen MR) is 116 cm³/mol. The molecule has 0 bridgehead atoms. The van der Waals surface area contributed by atoms with Crippen molar-refractivity contribution in [1.82, 2.24) is 19.6 Å². The molecule has 1 aliphatic rings. The first-order valence-electron chi connectivity index (χ1n) is 9.31. The van der Waals surface area contributed by atoms with Crippen LogP contribution in [0.1, 0.15) is 27.3 Å². The molecule has 2 aromatic heterocycles. The van der Waals surface area contributed by atoms with Crippen molar-refractivity contribution >= 4 is 50.7 Å². The summed E-state index contributed by atoms with van der Waals surface area (Å²) in [6.45, 7) is 6.05. The minimum absolute atomic E-state index is 0.118. The number of fused-ring (bicyclic) bond motifs is 1. The topological polar surface area (TPSA) is 41.4 Å². The van der Waals surface area contributed by atoms with E-state index in [1.54, 1.807) is 6.07 Å². The highest BCUT2D eigenvalue weighted by Crippen LogP contribution is 2.31. The molecule has 28 heavy (non-hydrogen) atoms. The monoisotopic (exact) mass is 436 g/mol. The molecule has 3 aromatic rings. The highest BCUT2D eigenvalue weighted by atomic mass is 35.5. The fourth-order valence-electron chi connectivity index (χ4n) is 3.54. The Morgan fingerprint density at radius 1 is 1.18 bits per heavy atom. The second kappa shape index (κ2) is 8.03. The number of nitrogens with zero attached hydrogens (tertiary/aromatic N) is 4. The van der Waals surface area contributed by atoms with E-state index >= 15 is 0 Å². The first-order chi connectivity index (χ1) is 13.4. The summed E-state index contributed by atoms with van der Waals surface area (Å²) in [5.41, 5.74) is 1.87. The maximum atomic E-state index is 13.1. The Hall–Kier alpha value is -1.60. The van der Waals surface area contributed by atoms with E-state index in [2.05, 4.69) is 17.0 Å². The standard InChI is InChI=1S/C20H22Cl2N4OS/c1-13-16-11-18(19(27)25-7-3-6-24(2)8-9-25)28-20(16)26(23-13)12-14-4-5-15(21)10-17(14)22/h4-5,10-11H,3,6-9,12H2,1-2H3. The molecule has 1 fully saturated rings. The predicted octanol–water partition coefficient (Wildman–Crippen LogP) is 4.54. The van der Waals surface area contributed by atoms with E-state index in [0.717, 1.165) is 59.0 Å². The number of likely N-dealkylation sites (N-methyl/N-ethyl adjacent to an activating group) is 1. The van der Waals surface area contributed by atoms with Crippen LogP contribution in [0.2, 0.25) is 10.0 Å². The van der Waals surface area contributed by atoms with Gasteiger partial charge in [-0.25, -0.2) is 0 Å². The average molecular weight is 437 g/mol. The van der Waals surface area contributed by atoms with Crippen LogP contribution in [0.15, 0.2) is 24.3 Å². The third kappa shape index (κ3) is 3.92. The number of amides is 1. The van der Waals surface area contributed by atoms with Crippen LogP contribution in [-0.2, 0) is 6.54 Å². The van der Waals surface area contributed by atoms with Gasteiger partial charge in [0.25, 0.3) is 5.91 Å². The summed E-state index contributed by atoms with van der Waals surface area (Å²) in [6.07, 6.45) is 1.01. The maximum Gasteiger partial charge on any atom is 0.264 e. The number of thiophene rings is 1. The first kappa shape index (κ1) is 19.7. The second-order valence-corrected chi connectivity index (χ2v) is 9.13. The molecule has 3 heterocycles. The number of carbonyl (C=O) groups excluding carboxylic acids is 1. The minimum atomic E-state index is 0.118. The van der Waals surface area contributed by atoms with E-state index in [0.29, 0.717) is 16.6 Å². The lowest BCUT2D eigenvalue weighted by Crippen LogP contribution is -2.34. The van der Waals surface area contributed by atoms with E-state index in [4.69, 9.17) is 23.2 Å². The van der Waals surface area contributed by atoms with Crippen molar-refractivity contribution in [3.8, 4) is 0 Å². The van der Waals surface area contributed by atoms with Gasteiger partial charge in [-0.2, -0.15) is 5.10 Å². The van der Waals surface area contributed by atoms with Gasteiger partial charge in [0, 0.05) is 35.1 Å². The van der Waals surface area contributed by atoms with Gasteiger partial charge < -0.3 is 9.80 Å². The van der Waals surface area contributed by atoms with Gasteiger partial charge in [-0.05, 0) is 50.7 Å². The fourth-order valence-corrected chi connectivity index (χ4v) is 5.14. The highest BCUT2D eigenvalue weighted by Gasteiger charge is 2.23. The van der Waals surface area contributed by atoms with Crippen molar-refractivity contribution in [2.24, 2.45) is 0 Å². The number of benzene rings is 1. The molecule has 0 atom stereocenters. The molecule has 1 aliphatic heterocycles. The number of hydrogen-bond donors (Lipinski definition) is 0. The first-order valence-corrected chi connectivity index (χ1v) is 10.9. The number of halogens is 2.